The minimum absolute atomic E-state index is 0.0901. The molecule has 24 heavy (non-hydrogen) atoms. The molecule has 0 saturated heterocycles. The lowest BCUT2D eigenvalue weighted by molar-refractivity contribution is 0.0778. The molecule has 0 N–H and O–H groups in total. The van der Waals surface area contributed by atoms with Gasteiger partial charge in [-0.1, -0.05) is 0 Å². The Balaban J connectivity index is 1.75. The third kappa shape index (κ3) is 3.49. The van der Waals surface area contributed by atoms with Crippen LogP contribution in [0.1, 0.15) is 36.2 Å². The predicted molar refractivity (Wildman–Crippen MR) is 94.4 cm³/mol. The van der Waals surface area contributed by atoms with Crippen LogP contribution in [-0.4, -0.2) is 38.0 Å². The van der Waals surface area contributed by atoms with Gasteiger partial charge in [0.05, 0.1) is 17.8 Å². The molecule has 3 rings (SSSR count). The molecular formula is C18H19N3O2S. The van der Waals surface area contributed by atoms with Gasteiger partial charge in [-0.15, -0.1) is 0 Å². The lowest BCUT2D eigenvalue weighted by atomic mass is 10.1. The van der Waals surface area contributed by atoms with E-state index in [9.17, 15) is 9.35 Å². The number of pyridine rings is 1. The fourth-order valence-corrected chi connectivity index (χ4v) is 3.45. The normalized spacial score (nSPS) is 15.5. The SMILES string of the molecule is CC(C)[S+]([O-])c1ccc(C2=NN(C(=O)c3cccnc3)CC2)cc1. The molecule has 0 fully saturated rings. The Bertz CT molecular complexity index is 745. The van der Waals surface area contributed by atoms with E-state index in [0.717, 1.165) is 16.2 Å². The molecule has 1 aromatic heterocycles. The van der Waals surface area contributed by atoms with Crippen LogP contribution in [0.2, 0.25) is 0 Å². The van der Waals surface area contributed by atoms with Crippen LogP contribution in [0.5, 0.6) is 0 Å². The fourth-order valence-electron chi connectivity index (χ4n) is 2.50. The molecule has 1 unspecified atom stereocenters. The van der Waals surface area contributed by atoms with Crippen molar-refractivity contribution in [1.82, 2.24) is 9.99 Å². The van der Waals surface area contributed by atoms with Crippen molar-refractivity contribution in [2.45, 2.75) is 30.4 Å². The predicted octanol–water partition coefficient (Wildman–Crippen LogP) is 2.85. The summed E-state index contributed by atoms with van der Waals surface area (Å²) < 4.78 is 12.1. The second-order valence-electron chi connectivity index (χ2n) is 5.84. The van der Waals surface area contributed by atoms with Crippen LogP contribution in [0.3, 0.4) is 0 Å². The van der Waals surface area contributed by atoms with Crippen LogP contribution in [0, 0.1) is 0 Å². The minimum atomic E-state index is -0.995. The number of carbonyl (C=O) groups is 1. The number of aromatic nitrogens is 1. The first-order chi connectivity index (χ1) is 11.6. The minimum Gasteiger partial charge on any atom is -0.611 e. The topological polar surface area (TPSA) is 68.6 Å². The molecule has 1 aliphatic heterocycles. The zero-order valence-corrected chi connectivity index (χ0v) is 14.5. The summed E-state index contributed by atoms with van der Waals surface area (Å²) in [6, 6.07) is 11.1. The molecule has 0 radical (unpaired) electrons. The Morgan fingerprint density at radius 2 is 2.00 bits per heavy atom. The maximum atomic E-state index is 12.4. The van der Waals surface area contributed by atoms with E-state index in [-0.39, 0.29) is 11.2 Å². The van der Waals surface area contributed by atoms with Crippen molar-refractivity contribution in [2.24, 2.45) is 5.10 Å². The van der Waals surface area contributed by atoms with Crippen molar-refractivity contribution in [3.63, 3.8) is 0 Å². The Kier molecular flexibility index (Phi) is 4.97. The average Bonchev–Trinajstić information content (AvgIpc) is 3.11. The van der Waals surface area contributed by atoms with Gasteiger partial charge in [0.2, 0.25) is 0 Å². The van der Waals surface area contributed by atoms with Crippen molar-refractivity contribution in [3.05, 3.63) is 59.9 Å². The molecule has 6 heteroatoms. The molecule has 1 aliphatic rings. The molecule has 1 amide bonds. The Labute approximate surface area is 144 Å². The molecule has 0 saturated carbocycles. The van der Waals surface area contributed by atoms with Gasteiger partial charge in [-0.2, -0.15) is 5.10 Å². The summed E-state index contributed by atoms with van der Waals surface area (Å²) >= 11 is -0.995. The highest BCUT2D eigenvalue weighted by Crippen LogP contribution is 2.20. The number of rotatable bonds is 4. The van der Waals surface area contributed by atoms with E-state index in [0.29, 0.717) is 18.5 Å². The number of amides is 1. The highest BCUT2D eigenvalue weighted by Gasteiger charge is 2.23. The van der Waals surface area contributed by atoms with Crippen LogP contribution < -0.4 is 0 Å². The first kappa shape index (κ1) is 16.7. The van der Waals surface area contributed by atoms with Gasteiger partial charge in [0.25, 0.3) is 5.91 Å². The number of carbonyl (C=O) groups excluding carboxylic acids is 1. The first-order valence-electron chi connectivity index (χ1n) is 7.86. The molecule has 0 aliphatic carbocycles. The number of hydrogen-bond donors (Lipinski definition) is 0. The lowest BCUT2D eigenvalue weighted by Crippen LogP contribution is -2.23. The third-order valence-electron chi connectivity index (χ3n) is 3.79. The second-order valence-corrected chi connectivity index (χ2v) is 7.85. The number of nitrogens with zero attached hydrogens (tertiary/aromatic N) is 3. The van der Waals surface area contributed by atoms with Crippen molar-refractivity contribution in [3.8, 4) is 0 Å². The summed E-state index contributed by atoms with van der Waals surface area (Å²) in [5.74, 6) is -0.143. The van der Waals surface area contributed by atoms with Crippen LogP contribution in [0.15, 0.2) is 58.8 Å². The van der Waals surface area contributed by atoms with Gasteiger partial charge < -0.3 is 4.55 Å². The highest BCUT2D eigenvalue weighted by atomic mass is 32.2. The average molecular weight is 341 g/mol. The summed E-state index contributed by atoms with van der Waals surface area (Å²) in [4.78, 5) is 17.2. The van der Waals surface area contributed by atoms with Crippen LogP contribution in [-0.2, 0) is 11.2 Å². The zero-order valence-electron chi connectivity index (χ0n) is 13.7. The molecule has 0 bridgehead atoms. The molecule has 1 aromatic carbocycles. The van der Waals surface area contributed by atoms with Crippen molar-refractivity contribution < 1.29 is 9.35 Å². The highest BCUT2D eigenvalue weighted by molar-refractivity contribution is 7.92. The summed E-state index contributed by atoms with van der Waals surface area (Å²) in [6.45, 7) is 4.43. The molecule has 124 valence electrons. The molecule has 5 nitrogen and oxygen atoms in total. The summed E-state index contributed by atoms with van der Waals surface area (Å²) in [7, 11) is 0. The Morgan fingerprint density at radius 1 is 1.25 bits per heavy atom. The van der Waals surface area contributed by atoms with Gasteiger partial charge in [0, 0.05) is 18.8 Å². The molecule has 2 aromatic rings. The Hall–Kier alpha value is -2.18. The van der Waals surface area contributed by atoms with Gasteiger partial charge in [0.15, 0.2) is 4.90 Å². The van der Waals surface area contributed by atoms with Gasteiger partial charge in [-0.3, -0.25) is 9.78 Å². The Morgan fingerprint density at radius 3 is 2.62 bits per heavy atom. The maximum Gasteiger partial charge on any atom is 0.275 e. The van der Waals surface area contributed by atoms with E-state index in [4.69, 9.17) is 0 Å². The van der Waals surface area contributed by atoms with E-state index in [2.05, 4.69) is 10.1 Å². The first-order valence-corrected chi connectivity index (χ1v) is 9.08. The monoisotopic (exact) mass is 341 g/mol. The van der Waals surface area contributed by atoms with Crippen molar-refractivity contribution >= 4 is 22.8 Å². The standard InChI is InChI=1S/C18H19N3O2S/c1-13(2)24(23)16-7-5-14(6-8-16)17-9-11-21(20-17)18(22)15-4-3-10-19-12-15/h3-8,10,12-13H,9,11H2,1-2H3. The van der Waals surface area contributed by atoms with Crippen molar-refractivity contribution in [1.29, 1.82) is 0 Å². The molecule has 1 atom stereocenters. The van der Waals surface area contributed by atoms with Crippen LogP contribution in [0.4, 0.5) is 0 Å². The van der Waals surface area contributed by atoms with Gasteiger partial charge in [-0.25, -0.2) is 5.01 Å². The van der Waals surface area contributed by atoms with Crippen molar-refractivity contribution in [2.75, 3.05) is 6.54 Å². The van der Waals surface area contributed by atoms with Gasteiger partial charge in [0.1, 0.15) is 5.25 Å². The smallest absolute Gasteiger partial charge is 0.275 e. The quantitative estimate of drug-likeness (QED) is 0.803. The lowest BCUT2D eigenvalue weighted by Gasteiger charge is -2.14. The maximum absolute atomic E-state index is 12.4. The van der Waals surface area contributed by atoms with E-state index in [1.54, 1.807) is 24.5 Å². The summed E-state index contributed by atoms with van der Waals surface area (Å²) in [5, 5.41) is 6.01. The molecular weight excluding hydrogens is 322 g/mol. The molecule has 2 heterocycles. The van der Waals surface area contributed by atoms with Gasteiger partial charge >= 0.3 is 0 Å². The van der Waals surface area contributed by atoms with E-state index < -0.39 is 11.2 Å². The number of benzene rings is 1. The van der Waals surface area contributed by atoms with E-state index in [1.165, 1.54) is 5.01 Å². The summed E-state index contributed by atoms with van der Waals surface area (Å²) in [6.07, 6.45) is 3.89. The number of hydrazone groups is 1. The second kappa shape index (κ2) is 7.15. The van der Waals surface area contributed by atoms with Crippen LogP contribution >= 0.6 is 0 Å². The van der Waals surface area contributed by atoms with Crippen LogP contribution in [0.25, 0.3) is 0 Å². The van der Waals surface area contributed by atoms with E-state index in [1.807, 2.05) is 38.1 Å². The number of hydrogen-bond acceptors (Lipinski definition) is 4. The fraction of sp³-hybridized carbons (Fsp3) is 0.278. The summed E-state index contributed by atoms with van der Waals surface area (Å²) in [5.41, 5.74) is 2.36. The largest absolute Gasteiger partial charge is 0.611 e. The van der Waals surface area contributed by atoms with Gasteiger partial charge in [-0.05, 0) is 67.0 Å². The van der Waals surface area contributed by atoms with E-state index >= 15 is 0 Å². The third-order valence-corrected chi connectivity index (χ3v) is 5.39. The zero-order chi connectivity index (χ0) is 17.1. The molecule has 0 spiro atoms.